The molecule has 2 N–H and O–H groups in total. The van der Waals surface area contributed by atoms with Gasteiger partial charge in [-0.25, -0.2) is 0 Å². The maximum absolute atomic E-state index is 5.98. The molecule has 5 heteroatoms. The van der Waals surface area contributed by atoms with E-state index >= 15 is 0 Å². The van der Waals surface area contributed by atoms with Crippen LogP contribution in [-0.4, -0.2) is 62.8 Å². The van der Waals surface area contributed by atoms with Crippen molar-refractivity contribution in [3.8, 4) is 0 Å². The number of nitrogens with zero attached hydrogens (tertiary/aromatic N) is 2. The van der Waals surface area contributed by atoms with Gasteiger partial charge in [0.25, 0.3) is 0 Å². The first-order chi connectivity index (χ1) is 11.8. The van der Waals surface area contributed by atoms with Gasteiger partial charge in [-0.1, -0.05) is 30.3 Å². The standard InChI is InChI=1S/C19H30N4O/c1-20-19(21-11-5-9-16-7-3-2-4-8-16)22-13-18-14-23-12-6-10-17(23)15-24-18/h2-4,7-8,17-18H,5-6,9-15H2,1H3,(H2,20,21,22). The molecule has 0 aliphatic carbocycles. The van der Waals surface area contributed by atoms with E-state index in [0.717, 1.165) is 45.0 Å². The molecule has 2 unspecified atom stereocenters. The molecule has 0 spiro atoms. The van der Waals surface area contributed by atoms with Crippen molar-refractivity contribution in [2.24, 2.45) is 4.99 Å². The third kappa shape index (κ3) is 4.95. The number of fused-ring (bicyclic) bond motifs is 1. The first kappa shape index (κ1) is 17.2. The quantitative estimate of drug-likeness (QED) is 0.473. The van der Waals surface area contributed by atoms with Crippen molar-refractivity contribution < 1.29 is 4.74 Å². The largest absolute Gasteiger partial charge is 0.373 e. The van der Waals surface area contributed by atoms with Crippen LogP contribution in [0, 0.1) is 0 Å². The molecule has 0 aromatic heterocycles. The molecule has 2 fully saturated rings. The van der Waals surface area contributed by atoms with Gasteiger partial charge < -0.3 is 15.4 Å². The maximum Gasteiger partial charge on any atom is 0.191 e. The summed E-state index contributed by atoms with van der Waals surface area (Å²) in [5.41, 5.74) is 1.39. The summed E-state index contributed by atoms with van der Waals surface area (Å²) in [6.07, 6.45) is 5.07. The Balaban J connectivity index is 1.32. The monoisotopic (exact) mass is 330 g/mol. The number of aryl methyl sites for hydroxylation is 1. The van der Waals surface area contributed by atoms with Crippen LogP contribution in [0.15, 0.2) is 35.3 Å². The smallest absolute Gasteiger partial charge is 0.191 e. The summed E-state index contributed by atoms with van der Waals surface area (Å²) < 4.78 is 5.98. The Hall–Kier alpha value is -1.59. The second-order valence-corrected chi connectivity index (χ2v) is 6.72. The molecule has 0 amide bonds. The van der Waals surface area contributed by atoms with Gasteiger partial charge in [0.2, 0.25) is 0 Å². The van der Waals surface area contributed by atoms with Gasteiger partial charge in [0, 0.05) is 32.7 Å². The first-order valence-electron chi connectivity index (χ1n) is 9.19. The minimum atomic E-state index is 0.266. The lowest BCUT2D eigenvalue weighted by atomic mass is 10.1. The minimum Gasteiger partial charge on any atom is -0.373 e. The van der Waals surface area contributed by atoms with Crippen LogP contribution in [0.4, 0.5) is 0 Å². The van der Waals surface area contributed by atoms with Gasteiger partial charge in [0.05, 0.1) is 12.7 Å². The predicted molar refractivity (Wildman–Crippen MR) is 98.5 cm³/mol. The Kier molecular flexibility index (Phi) is 6.49. The van der Waals surface area contributed by atoms with Gasteiger partial charge >= 0.3 is 0 Å². The molecule has 132 valence electrons. The van der Waals surface area contributed by atoms with Crippen molar-refractivity contribution in [2.75, 3.05) is 39.8 Å². The number of aliphatic imine (C=N–C) groups is 1. The molecule has 2 saturated heterocycles. The number of guanidine groups is 1. The highest BCUT2D eigenvalue weighted by molar-refractivity contribution is 5.79. The van der Waals surface area contributed by atoms with Gasteiger partial charge in [-0.15, -0.1) is 0 Å². The number of nitrogens with one attached hydrogen (secondary N) is 2. The van der Waals surface area contributed by atoms with Crippen molar-refractivity contribution >= 4 is 5.96 Å². The maximum atomic E-state index is 5.98. The Labute approximate surface area is 145 Å². The van der Waals surface area contributed by atoms with Crippen LogP contribution in [-0.2, 0) is 11.2 Å². The Morgan fingerprint density at radius 1 is 1.29 bits per heavy atom. The molecular weight excluding hydrogens is 300 g/mol. The molecular formula is C19H30N4O. The molecule has 1 aromatic carbocycles. The van der Waals surface area contributed by atoms with Crippen LogP contribution < -0.4 is 10.6 Å². The molecule has 3 rings (SSSR count). The summed E-state index contributed by atoms with van der Waals surface area (Å²) in [4.78, 5) is 6.88. The van der Waals surface area contributed by atoms with Crippen molar-refractivity contribution in [2.45, 2.75) is 37.8 Å². The van der Waals surface area contributed by atoms with Gasteiger partial charge in [-0.05, 0) is 37.8 Å². The van der Waals surface area contributed by atoms with Crippen LogP contribution in [0.2, 0.25) is 0 Å². The van der Waals surface area contributed by atoms with Crippen LogP contribution >= 0.6 is 0 Å². The summed E-state index contributed by atoms with van der Waals surface area (Å²) in [5, 5.41) is 6.80. The molecule has 2 heterocycles. The second kappa shape index (κ2) is 9.04. The lowest BCUT2D eigenvalue weighted by Gasteiger charge is -2.35. The van der Waals surface area contributed by atoms with Crippen LogP contribution in [0.3, 0.4) is 0 Å². The van der Waals surface area contributed by atoms with Crippen LogP contribution in [0.5, 0.6) is 0 Å². The number of ether oxygens (including phenoxy) is 1. The highest BCUT2D eigenvalue weighted by Gasteiger charge is 2.31. The van der Waals surface area contributed by atoms with E-state index in [9.17, 15) is 0 Å². The Morgan fingerprint density at radius 3 is 3.00 bits per heavy atom. The van der Waals surface area contributed by atoms with Crippen molar-refractivity contribution in [1.29, 1.82) is 0 Å². The van der Waals surface area contributed by atoms with E-state index in [4.69, 9.17) is 4.74 Å². The van der Waals surface area contributed by atoms with E-state index in [-0.39, 0.29) is 6.10 Å². The zero-order chi connectivity index (χ0) is 16.6. The van der Waals surface area contributed by atoms with E-state index in [1.165, 1.54) is 24.9 Å². The van der Waals surface area contributed by atoms with Crippen molar-refractivity contribution in [3.63, 3.8) is 0 Å². The third-order valence-electron chi connectivity index (χ3n) is 4.96. The fourth-order valence-electron chi connectivity index (χ4n) is 3.58. The minimum absolute atomic E-state index is 0.266. The molecule has 0 saturated carbocycles. The van der Waals surface area contributed by atoms with E-state index in [2.05, 4.69) is 50.9 Å². The van der Waals surface area contributed by atoms with Gasteiger partial charge in [-0.2, -0.15) is 0 Å². The topological polar surface area (TPSA) is 48.9 Å². The highest BCUT2D eigenvalue weighted by atomic mass is 16.5. The summed E-state index contributed by atoms with van der Waals surface area (Å²) in [6.45, 7) is 4.91. The average Bonchev–Trinajstić information content (AvgIpc) is 3.10. The zero-order valence-corrected chi connectivity index (χ0v) is 14.7. The third-order valence-corrected chi connectivity index (χ3v) is 4.96. The van der Waals surface area contributed by atoms with Gasteiger partial charge in [0.15, 0.2) is 5.96 Å². The normalized spacial score (nSPS) is 24.6. The number of hydrogen-bond donors (Lipinski definition) is 2. The highest BCUT2D eigenvalue weighted by Crippen LogP contribution is 2.22. The van der Waals surface area contributed by atoms with E-state index in [1.807, 2.05) is 7.05 Å². The lowest BCUT2D eigenvalue weighted by Crippen LogP contribution is -2.51. The average molecular weight is 330 g/mol. The summed E-state index contributed by atoms with van der Waals surface area (Å²) in [6, 6.07) is 11.3. The lowest BCUT2D eigenvalue weighted by molar-refractivity contribution is -0.0453. The molecule has 2 aliphatic rings. The van der Waals surface area contributed by atoms with Crippen molar-refractivity contribution in [3.05, 3.63) is 35.9 Å². The molecule has 0 radical (unpaired) electrons. The predicted octanol–water partition coefficient (Wildman–Crippen LogP) is 1.65. The Bertz CT molecular complexity index is 519. The molecule has 5 nitrogen and oxygen atoms in total. The van der Waals surface area contributed by atoms with Crippen molar-refractivity contribution in [1.82, 2.24) is 15.5 Å². The zero-order valence-electron chi connectivity index (χ0n) is 14.7. The van der Waals surface area contributed by atoms with Gasteiger partial charge in [0.1, 0.15) is 0 Å². The van der Waals surface area contributed by atoms with E-state index in [1.54, 1.807) is 0 Å². The second-order valence-electron chi connectivity index (χ2n) is 6.72. The summed E-state index contributed by atoms with van der Waals surface area (Å²) in [5.74, 6) is 0.871. The van der Waals surface area contributed by atoms with Crippen LogP contribution in [0.1, 0.15) is 24.8 Å². The van der Waals surface area contributed by atoms with Crippen LogP contribution in [0.25, 0.3) is 0 Å². The van der Waals surface area contributed by atoms with E-state index < -0.39 is 0 Å². The number of hydrogen-bond acceptors (Lipinski definition) is 3. The summed E-state index contributed by atoms with van der Waals surface area (Å²) in [7, 11) is 1.82. The SMILES string of the molecule is CN=C(NCCCc1ccccc1)NCC1CN2CCCC2CO1. The van der Waals surface area contributed by atoms with Gasteiger partial charge in [-0.3, -0.25) is 9.89 Å². The van der Waals surface area contributed by atoms with E-state index in [0.29, 0.717) is 6.04 Å². The fourth-order valence-corrected chi connectivity index (χ4v) is 3.58. The number of benzene rings is 1. The summed E-state index contributed by atoms with van der Waals surface area (Å²) >= 11 is 0. The number of rotatable bonds is 6. The first-order valence-corrected chi connectivity index (χ1v) is 9.19. The molecule has 2 atom stereocenters. The molecule has 24 heavy (non-hydrogen) atoms. The fraction of sp³-hybridized carbons (Fsp3) is 0.632. The Morgan fingerprint density at radius 2 is 2.17 bits per heavy atom. The molecule has 0 bridgehead atoms. The number of morpholine rings is 1. The molecule has 1 aromatic rings. The molecule has 2 aliphatic heterocycles.